The van der Waals surface area contributed by atoms with E-state index in [-0.39, 0.29) is 0 Å². The molecular weight excluding hydrogens is 250 g/mol. The van der Waals surface area contributed by atoms with E-state index in [0.29, 0.717) is 11.7 Å². The van der Waals surface area contributed by atoms with Crippen LogP contribution in [0.2, 0.25) is 0 Å². The third kappa shape index (κ3) is 2.69. The first-order chi connectivity index (χ1) is 9.86. The first kappa shape index (κ1) is 13.2. The van der Waals surface area contributed by atoms with Gasteiger partial charge >= 0.3 is 0 Å². The van der Waals surface area contributed by atoms with E-state index in [1.165, 1.54) is 32.1 Å². The number of pyridine rings is 1. The van der Waals surface area contributed by atoms with Crippen molar-refractivity contribution in [2.75, 3.05) is 5.73 Å². The van der Waals surface area contributed by atoms with Gasteiger partial charge in [-0.15, -0.1) is 0 Å². The Morgan fingerprint density at radius 1 is 1.05 bits per heavy atom. The zero-order valence-electron chi connectivity index (χ0n) is 11.7. The Morgan fingerprint density at radius 2 is 1.80 bits per heavy atom. The molecule has 2 aromatic rings. The molecule has 0 bridgehead atoms. The zero-order valence-corrected chi connectivity index (χ0v) is 11.7. The lowest BCUT2D eigenvalue weighted by Crippen LogP contribution is -2.03. The average Bonchev–Trinajstić information content (AvgIpc) is 2.81. The molecular formula is C16H21N3O. The summed E-state index contributed by atoms with van der Waals surface area (Å²) >= 11 is 0. The van der Waals surface area contributed by atoms with Crippen molar-refractivity contribution in [1.29, 1.82) is 0 Å². The number of nitrogens with two attached hydrogens (primary N) is 1. The summed E-state index contributed by atoms with van der Waals surface area (Å²) in [5.74, 6) is 1.82. The number of hydrogen-bond acceptors (Lipinski definition) is 4. The highest BCUT2D eigenvalue weighted by atomic mass is 16.5. The highest BCUT2D eigenvalue weighted by Gasteiger charge is 2.25. The minimum absolute atomic E-state index is 0.428. The number of rotatable bonds is 2. The van der Waals surface area contributed by atoms with Crippen molar-refractivity contribution < 1.29 is 4.52 Å². The van der Waals surface area contributed by atoms with Crippen molar-refractivity contribution >= 4 is 5.82 Å². The molecule has 0 saturated heterocycles. The molecule has 0 atom stereocenters. The summed E-state index contributed by atoms with van der Waals surface area (Å²) in [6, 6.07) is 5.84. The monoisotopic (exact) mass is 271 g/mol. The molecule has 0 unspecified atom stereocenters. The second kappa shape index (κ2) is 6.07. The molecule has 20 heavy (non-hydrogen) atoms. The van der Waals surface area contributed by atoms with E-state index in [9.17, 15) is 0 Å². The van der Waals surface area contributed by atoms with Crippen molar-refractivity contribution in [3.63, 3.8) is 0 Å². The maximum atomic E-state index is 6.01. The van der Waals surface area contributed by atoms with Gasteiger partial charge in [-0.25, -0.2) is 0 Å². The number of anilines is 1. The first-order valence-corrected chi connectivity index (χ1v) is 7.52. The van der Waals surface area contributed by atoms with Crippen LogP contribution in [0.1, 0.15) is 56.6 Å². The van der Waals surface area contributed by atoms with Crippen molar-refractivity contribution in [3.05, 3.63) is 30.2 Å². The number of aromatic nitrogens is 2. The first-order valence-electron chi connectivity index (χ1n) is 7.52. The molecule has 0 amide bonds. The Hall–Kier alpha value is -1.84. The molecule has 4 heteroatoms. The van der Waals surface area contributed by atoms with Gasteiger partial charge in [-0.1, -0.05) is 43.3 Å². The SMILES string of the molecule is Nc1noc(C2CCCCCCC2)c1-c1ccccn1. The standard InChI is InChI=1S/C16H21N3O/c17-16-14(13-10-6-7-11-18-13)15(20-19-16)12-8-4-2-1-3-5-9-12/h6-7,10-12H,1-5,8-9H2,(H2,17,19). The molecule has 0 spiro atoms. The van der Waals surface area contributed by atoms with E-state index in [4.69, 9.17) is 10.3 Å². The predicted molar refractivity (Wildman–Crippen MR) is 79.2 cm³/mol. The number of nitrogens with zero attached hydrogens (tertiary/aromatic N) is 2. The van der Waals surface area contributed by atoms with E-state index in [2.05, 4.69) is 10.1 Å². The van der Waals surface area contributed by atoms with Crippen LogP contribution in [0.3, 0.4) is 0 Å². The van der Waals surface area contributed by atoms with Gasteiger partial charge in [0, 0.05) is 12.1 Å². The third-order valence-corrected chi connectivity index (χ3v) is 4.14. The van der Waals surface area contributed by atoms with Gasteiger partial charge in [0.15, 0.2) is 11.6 Å². The van der Waals surface area contributed by atoms with Crippen molar-refractivity contribution in [1.82, 2.24) is 10.1 Å². The Bertz CT molecular complexity index is 542. The molecule has 1 saturated carbocycles. The largest absolute Gasteiger partial charge is 0.380 e. The van der Waals surface area contributed by atoms with Crippen LogP contribution >= 0.6 is 0 Å². The molecule has 3 rings (SSSR count). The van der Waals surface area contributed by atoms with Gasteiger partial charge in [-0.05, 0) is 25.0 Å². The van der Waals surface area contributed by atoms with Gasteiger partial charge in [0.05, 0.1) is 11.3 Å². The van der Waals surface area contributed by atoms with Crippen LogP contribution in [-0.2, 0) is 0 Å². The van der Waals surface area contributed by atoms with Crippen molar-refractivity contribution in [2.45, 2.75) is 50.9 Å². The average molecular weight is 271 g/mol. The summed E-state index contributed by atoms with van der Waals surface area (Å²) < 4.78 is 5.57. The second-order valence-corrected chi connectivity index (χ2v) is 5.56. The van der Waals surface area contributed by atoms with Gasteiger partial charge in [-0.3, -0.25) is 4.98 Å². The van der Waals surface area contributed by atoms with Crippen molar-refractivity contribution in [2.24, 2.45) is 0 Å². The van der Waals surface area contributed by atoms with E-state index >= 15 is 0 Å². The molecule has 0 radical (unpaired) electrons. The summed E-state index contributed by atoms with van der Waals surface area (Å²) in [5.41, 5.74) is 7.77. The summed E-state index contributed by atoms with van der Waals surface area (Å²) in [6.45, 7) is 0. The summed E-state index contributed by atoms with van der Waals surface area (Å²) in [7, 11) is 0. The van der Waals surface area contributed by atoms with E-state index in [1.807, 2.05) is 18.2 Å². The topological polar surface area (TPSA) is 64.9 Å². The van der Waals surface area contributed by atoms with Crippen LogP contribution < -0.4 is 5.73 Å². The van der Waals surface area contributed by atoms with Gasteiger partial charge in [0.2, 0.25) is 0 Å². The van der Waals surface area contributed by atoms with Gasteiger partial charge in [0.25, 0.3) is 0 Å². The molecule has 0 aliphatic heterocycles. The van der Waals surface area contributed by atoms with Crippen LogP contribution in [0.15, 0.2) is 28.9 Å². The Labute approximate surface area is 119 Å². The fourth-order valence-corrected chi connectivity index (χ4v) is 3.08. The van der Waals surface area contributed by atoms with Crippen LogP contribution in [0, 0.1) is 0 Å². The van der Waals surface area contributed by atoms with E-state index in [1.54, 1.807) is 6.20 Å². The molecule has 2 heterocycles. The highest BCUT2D eigenvalue weighted by Crippen LogP contribution is 2.38. The maximum Gasteiger partial charge on any atom is 0.176 e. The van der Waals surface area contributed by atoms with E-state index < -0.39 is 0 Å². The molecule has 0 aromatic carbocycles. The quantitative estimate of drug-likeness (QED) is 0.891. The normalized spacial score (nSPS) is 17.6. The Kier molecular flexibility index (Phi) is 4.00. The van der Waals surface area contributed by atoms with Gasteiger partial charge in [0.1, 0.15) is 0 Å². The molecule has 1 fully saturated rings. The van der Waals surface area contributed by atoms with Crippen LogP contribution in [0.4, 0.5) is 5.82 Å². The summed E-state index contributed by atoms with van der Waals surface area (Å²) in [4.78, 5) is 4.40. The van der Waals surface area contributed by atoms with Gasteiger partial charge < -0.3 is 10.3 Å². The lowest BCUT2D eigenvalue weighted by Gasteiger charge is -2.18. The summed E-state index contributed by atoms with van der Waals surface area (Å²) in [5, 5.41) is 3.98. The third-order valence-electron chi connectivity index (χ3n) is 4.14. The predicted octanol–water partition coefficient (Wildman–Crippen LogP) is 4.15. The lowest BCUT2D eigenvalue weighted by atomic mass is 9.87. The minimum Gasteiger partial charge on any atom is -0.380 e. The number of nitrogen functional groups attached to an aromatic ring is 1. The fraction of sp³-hybridized carbons (Fsp3) is 0.500. The van der Waals surface area contributed by atoms with Crippen LogP contribution in [-0.4, -0.2) is 10.1 Å². The zero-order chi connectivity index (χ0) is 13.8. The molecule has 2 aromatic heterocycles. The number of hydrogen-bond donors (Lipinski definition) is 1. The molecule has 2 N–H and O–H groups in total. The van der Waals surface area contributed by atoms with E-state index in [0.717, 1.165) is 29.9 Å². The molecule has 106 valence electrons. The Morgan fingerprint density at radius 3 is 2.50 bits per heavy atom. The molecule has 1 aliphatic rings. The fourth-order valence-electron chi connectivity index (χ4n) is 3.08. The summed E-state index contributed by atoms with van der Waals surface area (Å²) in [6.07, 6.45) is 10.6. The minimum atomic E-state index is 0.428. The second-order valence-electron chi connectivity index (χ2n) is 5.56. The van der Waals surface area contributed by atoms with Crippen LogP contribution in [0.5, 0.6) is 0 Å². The molecule has 1 aliphatic carbocycles. The maximum absolute atomic E-state index is 6.01. The molecule has 4 nitrogen and oxygen atoms in total. The Balaban J connectivity index is 1.93. The highest BCUT2D eigenvalue weighted by molar-refractivity contribution is 5.73. The van der Waals surface area contributed by atoms with Crippen LogP contribution in [0.25, 0.3) is 11.3 Å². The van der Waals surface area contributed by atoms with Crippen molar-refractivity contribution in [3.8, 4) is 11.3 Å². The lowest BCUT2D eigenvalue weighted by molar-refractivity contribution is 0.332. The smallest absolute Gasteiger partial charge is 0.176 e. The van der Waals surface area contributed by atoms with Gasteiger partial charge in [-0.2, -0.15) is 0 Å².